The molecule has 1 fully saturated rings. The maximum atomic E-state index is 12.6. The third-order valence-corrected chi connectivity index (χ3v) is 6.84. The predicted molar refractivity (Wildman–Crippen MR) is 112 cm³/mol. The summed E-state index contributed by atoms with van der Waals surface area (Å²) in [7, 11) is -3.53. The summed E-state index contributed by atoms with van der Waals surface area (Å²) in [5, 5.41) is 0. The number of benzene rings is 2. The van der Waals surface area contributed by atoms with E-state index in [2.05, 4.69) is 4.72 Å². The number of hydrogen-bond acceptors (Lipinski definition) is 4. The summed E-state index contributed by atoms with van der Waals surface area (Å²) < 4.78 is 33.5. The van der Waals surface area contributed by atoms with Gasteiger partial charge in [0.1, 0.15) is 5.75 Å². The average molecular weight is 417 g/mol. The van der Waals surface area contributed by atoms with Crippen LogP contribution in [-0.2, 0) is 14.8 Å². The van der Waals surface area contributed by atoms with Crippen molar-refractivity contribution >= 4 is 15.9 Å². The molecule has 3 rings (SSSR count). The number of hydrogen-bond donors (Lipinski definition) is 1. The van der Waals surface area contributed by atoms with Crippen molar-refractivity contribution in [2.45, 2.75) is 31.6 Å². The highest BCUT2D eigenvalue weighted by Crippen LogP contribution is 2.20. The Morgan fingerprint density at radius 3 is 2.45 bits per heavy atom. The van der Waals surface area contributed by atoms with Gasteiger partial charge in [-0.3, -0.25) is 4.79 Å². The molecule has 7 heteroatoms. The first-order chi connectivity index (χ1) is 13.8. The van der Waals surface area contributed by atoms with Crippen LogP contribution in [-0.4, -0.2) is 45.5 Å². The van der Waals surface area contributed by atoms with Crippen molar-refractivity contribution < 1.29 is 17.9 Å². The lowest BCUT2D eigenvalue weighted by Gasteiger charge is -2.32. The number of ether oxygens (including phenoxy) is 1. The van der Waals surface area contributed by atoms with Crippen molar-refractivity contribution in [1.82, 2.24) is 9.62 Å². The summed E-state index contributed by atoms with van der Waals surface area (Å²) in [4.78, 5) is 14.5. The molecule has 1 N–H and O–H groups in total. The molecule has 1 amide bonds. The normalized spacial score (nSPS) is 15.3. The topological polar surface area (TPSA) is 75.7 Å². The molecule has 0 unspecified atom stereocenters. The van der Waals surface area contributed by atoms with Gasteiger partial charge in [0.2, 0.25) is 10.0 Å². The van der Waals surface area contributed by atoms with E-state index >= 15 is 0 Å². The Morgan fingerprint density at radius 1 is 1.10 bits per heavy atom. The molecule has 0 aromatic heterocycles. The van der Waals surface area contributed by atoms with E-state index in [1.807, 2.05) is 56.3 Å². The van der Waals surface area contributed by atoms with E-state index in [0.29, 0.717) is 30.3 Å². The van der Waals surface area contributed by atoms with E-state index in [1.54, 1.807) is 11.0 Å². The van der Waals surface area contributed by atoms with E-state index < -0.39 is 10.0 Å². The molecule has 1 heterocycles. The molecule has 0 radical (unpaired) electrons. The van der Waals surface area contributed by atoms with Crippen molar-refractivity contribution in [3.05, 3.63) is 59.7 Å². The van der Waals surface area contributed by atoms with Gasteiger partial charge in [-0.2, -0.15) is 0 Å². The van der Waals surface area contributed by atoms with Gasteiger partial charge in [0.25, 0.3) is 5.91 Å². The van der Waals surface area contributed by atoms with Crippen molar-refractivity contribution in [3.63, 3.8) is 0 Å². The molecule has 0 spiro atoms. The first-order valence-corrected chi connectivity index (χ1v) is 11.4. The molecular weight excluding hydrogens is 388 g/mol. The predicted octanol–water partition coefficient (Wildman–Crippen LogP) is 2.90. The second kappa shape index (κ2) is 9.41. The van der Waals surface area contributed by atoms with Crippen LogP contribution in [0.4, 0.5) is 0 Å². The van der Waals surface area contributed by atoms with Gasteiger partial charge in [-0.15, -0.1) is 0 Å². The number of sulfonamides is 1. The fraction of sp³-hybridized carbons (Fsp3) is 0.409. The largest absolute Gasteiger partial charge is 0.484 e. The number of amides is 1. The quantitative estimate of drug-likeness (QED) is 0.753. The molecule has 156 valence electrons. The van der Waals surface area contributed by atoms with Crippen molar-refractivity contribution in [1.29, 1.82) is 0 Å². The van der Waals surface area contributed by atoms with Crippen LogP contribution in [0, 0.1) is 19.8 Å². The summed E-state index contributed by atoms with van der Waals surface area (Å²) in [5.74, 6) is 0.856. The zero-order valence-corrected chi connectivity index (χ0v) is 17.7. The van der Waals surface area contributed by atoms with Crippen LogP contribution in [0.3, 0.4) is 0 Å². The fourth-order valence-electron chi connectivity index (χ4n) is 3.55. The van der Waals surface area contributed by atoms with Gasteiger partial charge in [-0.25, -0.2) is 13.1 Å². The highest BCUT2D eigenvalue weighted by Gasteiger charge is 2.25. The molecule has 6 nitrogen and oxygen atoms in total. The second-order valence-electron chi connectivity index (χ2n) is 7.55. The lowest BCUT2D eigenvalue weighted by Crippen LogP contribution is -2.43. The van der Waals surface area contributed by atoms with Gasteiger partial charge >= 0.3 is 0 Å². The minimum atomic E-state index is -3.53. The highest BCUT2D eigenvalue weighted by atomic mass is 32.2. The molecule has 1 aliphatic rings. The molecule has 1 saturated heterocycles. The van der Waals surface area contributed by atoms with Crippen LogP contribution in [0.2, 0.25) is 0 Å². The Kier molecular flexibility index (Phi) is 6.92. The van der Waals surface area contributed by atoms with Gasteiger partial charge in [0, 0.05) is 19.6 Å². The first-order valence-electron chi connectivity index (χ1n) is 9.88. The summed E-state index contributed by atoms with van der Waals surface area (Å²) >= 11 is 0. The van der Waals surface area contributed by atoms with Gasteiger partial charge in [-0.1, -0.05) is 35.9 Å². The zero-order chi connectivity index (χ0) is 20.9. The Balaban J connectivity index is 1.45. The minimum Gasteiger partial charge on any atom is -0.484 e. The van der Waals surface area contributed by atoms with Crippen LogP contribution >= 0.6 is 0 Å². The van der Waals surface area contributed by atoms with Crippen LogP contribution in [0.25, 0.3) is 0 Å². The lowest BCUT2D eigenvalue weighted by atomic mass is 9.97. The molecule has 29 heavy (non-hydrogen) atoms. The Bertz CT molecular complexity index is 937. The zero-order valence-electron chi connectivity index (χ0n) is 16.9. The second-order valence-corrected chi connectivity index (χ2v) is 9.28. The van der Waals surface area contributed by atoms with Crippen molar-refractivity contribution in [2.24, 2.45) is 5.92 Å². The van der Waals surface area contributed by atoms with E-state index in [9.17, 15) is 13.2 Å². The van der Waals surface area contributed by atoms with Gasteiger partial charge < -0.3 is 9.64 Å². The standard InChI is InChI=1S/C22H28N2O4S/c1-17-8-9-21(18(2)14-17)29(26,27)23-15-19-10-12-24(13-11-19)22(25)16-28-20-6-4-3-5-7-20/h3-9,14,19,23H,10-13,15-16H2,1-2H3. The smallest absolute Gasteiger partial charge is 0.260 e. The fourth-order valence-corrected chi connectivity index (χ4v) is 4.89. The number of likely N-dealkylation sites (tertiary alicyclic amines) is 1. The minimum absolute atomic E-state index is 0.0218. The van der Waals surface area contributed by atoms with E-state index in [-0.39, 0.29) is 18.4 Å². The number of rotatable bonds is 7. The summed E-state index contributed by atoms with van der Waals surface area (Å²) in [6.45, 7) is 5.39. The molecule has 2 aromatic carbocycles. The summed E-state index contributed by atoms with van der Waals surface area (Å²) in [5.41, 5.74) is 1.78. The maximum Gasteiger partial charge on any atom is 0.260 e. The molecule has 0 bridgehead atoms. The SMILES string of the molecule is Cc1ccc(S(=O)(=O)NCC2CCN(C(=O)COc3ccccc3)CC2)c(C)c1. The number of nitrogens with zero attached hydrogens (tertiary/aromatic N) is 1. The van der Waals surface area contributed by atoms with E-state index in [0.717, 1.165) is 24.0 Å². The van der Waals surface area contributed by atoms with Crippen molar-refractivity contribution in [2.75, 3.05) is 26.2 Å². The molecule has 0 saturated carbocycles. The number of piperidine rings is 1. The monoisotopic (exact) mass is 416 g/mol. The summed E-state index contributed by atoms with van der Waals surface area (Å²) in [6, 6.07) is 14.6. The first kappa shape index (κ1) is 21.3. The average Bonchev–Trinajstić information content (AvgIpc) is 2.71. The van der Waals surface area contributed by atoms with Crippen LogP contribution in [0.1, 0.15) is 24.0 Å². The number of carbonyl (C=O) groups excluding carboxylic acids is 1. The van der Waals surface area contributed by atoms with E-state index in [1.165, 1.54) is 0 Å². The Labute approximate surface area is 172 Å². The number of para-hydroxylation sites is 1. The molecule has 2 aromatic rings. The Morgan fingerprint density at radius 2 is 1.79 bits per heavy atom. The summed E-state index contributed by atoms with van der Waals surface area (Å²) in [6.07, 6.45) is 1.54. The molecule has 0 atom stereocenters. The lowest BCUT2D eigenvalue weighted by molar-refractivity contribution is -0.134. The third kappa shape index (κ3) is 5.81. The maximum absolute atomic E-state index is 12.6. The molecule has 1 aliphatic heterocycles. The van der Waals surface area contributed by atoms with Crippen LogP contribution < -0.4 is 9.46 Å². The van der Waals surface area contributed by atoms with Crippen LogP contribution in [0.5, 0.6) is 5.75 Å². The van der Waals surface area contributed by atoms with Gasteiger partial charge in [-0.05, 0) is 56.4 Å². The van der Waals surface area contributed by atoms with E-state index in [4.69, 9.17) is 4.74 Å². The number of nitrogens with one attached hydrogen (secondary N) is 1. The van der Waals surface area contributed by atoms with Gasteiger partial charge in [0.05, 0.1) is 4.90 Å². The third-order valence-electron chi connectivity index (χ3n) is 5.25. The van der Waals surface area contributed by atoms with Crippen molar-refractivity contribution in [3.8, 4) is 5.75 Å². The highest BCUT2D eigenvalue weighted by molar-refractivity contribution is 7.89. The number of carbonyl (C=O) groups is 1. The number of aryl methyl sites for hydroxylation is 2. The van der Waals surface area contributed by atoms with Crippen LogP contribution in [0.15, 0.2) is 53.4 Å². The molecule has 0 aliphatic carbocycles. The molecular formula is C22H28N2O4S. The van der Waals surface area contributed by atoms with Gasteiger partial charge in [0.15, 0.2) is 6.61 Å². The Hall–Kier alpha value is -2.38.